The first-order chi connectivity index (χ1) is 6.66. The van der Waals surface area contributed by atoms with Crippen LogP contribution in [0.1, 0.15) is 0 Å². The van der Waals surface area contributed by atoms with Gasteiger partial charge in [-0.2, -0.15) is 0 Å². The number of ether oxygens (including phenoxy) is 1. The summed E-state index contributed by atoms with van der Waals surface area (Å²) in [6, 6.07) is 1.74. The zero-order valence-corrected chi connectivity index (χ0v) is 7.39. The minimum absolute atomic E-state index is 0.176. The number of nitrogens with two attached hydrogens (primary N) is 1. The van der Waals surface area contributed by atoms with Crippen molar-refractivity contribution in [1.29, 1.82) is 0 Å². The van der Waals surface area contributed by atoms with E-state index < -0.39 is 11.6 Å². The van der Waals surface area contributed by atoms with Crippen LogP contribution < -0.4 is 15.8 Å². The van der Waals surface area contributed by atoms with Crippen LogP contribution in [0.5, 0.6) is 5.75 Å². The molecule has 0 aromatic heterocycles. The lowest BCUT2D eigenvalue weighted by Crippen LogP contribution is -2.32. The van der Waals surface area contributed by atoms with Gasteiger partial charge in [0.05, 0.1) is 6.04 Å². The second-order valence-electron chi connectivity index (χ2n) is 3.21. The van der Waals surface area contributed by atoms with E-state index in [-0.39, 0.29) is 24.1 Å². The molecule has 0 unspecified atom stereocenters. The van der Waals surface area contributed by atoms with E-state index in [1.165, 1.54) is 0 Å². The molecular formula is C9H10F2N2O. The van der Waals surface area contributed by atoms with Crippen molar-refractivity contribution >= 4 is 5.69 Å². The molecule has 0 amide bonds. The van der Waals surface area contributed by atoms with Crippen LogP contribution in [0.3, 0.4) is 0 Å². The van der Waals surface area contributed by atoms with Crippen molar-refractivity contribution in [3.05, 3.63) is 23.8 Å². The highest BCUT2D eigenvalue weighted by molar-refractivity contribution is 5.58. The fourth-order valence-corrected chi connectivity index (χ4v) is 1.32. The standard InChI is InChI=1S/C9H10F2N2O/c10-5-1-7(11)9-8(2-5)14-4-6(12)3-13-9/h1-2,6,13H,3-4,12H2/t6-/m0/s1. The van der Waals surface area contributed by atoms with Gasteiger partial charge in [-0.15, -0.1) is 0 Å². The molecule has 3 N–H and O–H groups in total. The number of anilines is 1. The van der Waals surface area contributed by atoms with Gasteiger partial charge in [0.2, 0.25) is 0 Å². The highest BCUT2D eigenvalue weighted by atomic mass is 19.1. The third-order valence-electron chi connectivity index (χ3n) is 2.01. The van der Waals surface area contributed by atoms with Crippen LogP contribution in [-0.4, -0.2) is 19.2 Å². The van der Waals surface area contributed by atoms with Gasteiger partial charge in [0.25, 0.3) is 0 Å². The highest BCUT2D eigenvalue weighted by Crippen LogP contribution is 2.30. The molecule has 1 aliphatic rings. The normalized spacial score (nSPS) is 20.4. The second-order valence-corrected chi connectivity index (χ2v) is 3.21. The Bertz CT molecular complexity index is 357. The lowest BCUT2D eigenvalue weighted by Gasteiger charge is -2.07. The van der Waals surface area contributed by atoms with Gasteiger partial charge in [-0.1, -0.05) is 0 Å². The van der Waals surface area contributed by atoms with Crippen LogP contribution in [0.15, 0.2) is 12.1 Å². The molecular weight excluding hydrogens is 190 g/mol. The Hall–Kier alpha value is -1.36. The summed E-state index contributed by atoms with van der Waals surface area (Å²) in [7, 11) is 0. The largest absolute Gasteiger partial charge is 0.490 e. The molecule has 0 aliphatic carbocycles. The molecule has 1 aliphatic heterocycles. The average molecular weight is 200 g/mol. The lowest BCUT2D eigenvalue weighted by molar-refractivity contribution is 0.299. The summed E-state index contributed by atoms with van der Waals surface area (Å²) in [4.78, 5) is 0. The molecule has 3 nitrogen and oxygen atoms in total. The third kappa shape index (κ3) is 1.63. The van der Waals surface area contributed by atoms with Crippen molar-refractivity contribution in [1.82, 2.24) is 0 Å². The Labute approximate surface area is 79.9 Å². The Balaban J connectivity index is 2.40. The van der Waals surface area contributed by atoms with Crippen molar-refractivity contribution in [3.63, 3.8) is 0 Å². The SMILES string of the molecule is N[C@H]1CNc2c(F)cc(F)cc2OC1. The smallest absolute Gasteiger partial charge is 0.153 e. The van der Waals surface area contributed by atoms with Crippen LogP contribution in [0.2, 0.25) is 0 Å². The number of nitrogens with one attached hydrogen (secondary N) is 1. The van der Waals surface area contributed by atoms with Gasteiger partial charge in [0, 0.05) is 18.7 Å². The highest BCUT2D eigenvalue weighted by Gasteiger charge is 2.17. The Kier molecular flexibility index (Phi) is 2.25. The maximum atomic E-state index is 13.2. The summed E-state index contributed by atoms with van der Waals surface area (Å²) in [5, 5.41) is 2.78. The zero-order chi connectivity index (χ0) is 10.1. The number of benzene rings is 1. The quantitative estimate of drug-likeness (QED) is 0.659. The molecule has 76 valence electrons. The van der Waals surface area contributed by atoms with Gasteiger partial charge in [-0.25, -0.2) is 8.78 Å². The van der Waals surface area contributed by atoms with E-state index in [1.54, 1.807) is 0 Å². The van der Waals surface area contributed by atoms with Crippen molar-refractivity contribution in [2.24, 2.45) is 5.73 Å². The molecule has 14 heavy (non-hydrogen) atoms. The van der Waals surface area contributed by atoms with Crippen molar-refractivity contribution < 1.29 is 13.5 Å². The molecule has 1 aromatic rings. The van der Waals surface area contributed by atoms with Gasteiger partial charge in [0.15, 0.2) is 5.82 Å². The monoisotopic (exact) mass is 200 g/mol. The summed E-state index contributed by atoms with van der Waals surface area (Å²) in [6.07, 6.45) is 0. The van der Waals surface area contributed by atoms with E-state index in [2.05, 4.69) is 5.32 Å². The van der Waals surface area contributed by atoms with Crippen LogP contribution in [0, 0.1) is 11.6 Å². The predicted molar refractivity (Wildman–Crippen MR) is 48.3 cm³/mol. The molecule has 0 saturated carbocycles. The number of fused-ring (bicyclic) bond motifs is 1. The van der Waals surface area contributed by atoms with E-state index in [0.717, 1.165) is 12.1 Å². The fraction of sp³-hybridized carbons (Fsp3) is 0.333. The van der Waals surface area contributed by atoms with Crippen LogP contribution in [0.25, 0.3) is 0 Å². The molecule has 5 heteroatoms. The lowest BCUT2D eigenvalue weighted by atomic mass is 10.2. The summed E-state index contributed by atoms with van der Waals surface area (Å²) in [5.41, 5.74) is 5.78. The number of halogens is 2. The maximum absolute atomic E-state index is 13.2. The van der Waals surface area contributed by atoms with Crippen molar-refractivity contribution in [3.8, 4) is 5.75 Å². The fourth-order valence-electron chi connectivity index (χ4n) is 1.32. The molecule has 1 aromatic carbocycles. The minimum Gasteiger partial charge on any atom is -0.490 e. The van der Waals surface area contributed by atoms with Gasteiger partial charge < -0.3 is 15.8 Å². The topological polar surface area (TPSA) is 47.3 Å². The van der Waals surface area contributed by atoms with E-state index in [9.17, 15) is 8.78 Å². The first-order valence-corrected chi connectivity index (χ1v) is 4.28. The second kappa shape index (κ2) is 3.42. The van der Waals surface area contributed by atoms with Crippen LogP contribution in [-0.2, 0) is 0 Å². The molecule has 0 saturated heterocycles. The Morgan fingerprint density at radius 3 is 3.00 bits per heavy atom. The number of hydrogen-bond acceptors (Lipinski definition) is 3. The molecule has 2 rings (SSSR count). The Morgan fingerprint density at radius 1 is 1.43 bits per heavy atom. The third-order valence-corrected chi connectivity index (χ3v) is 2.01. The molecule has 1 heterocycles. The summed E-state index contributed by atoms with van der Waals surface area (Å²) in [6.45, 7) is 0.665. The molecule has 0 spiro atoms. The number of hydrogen-bond donors (Lipinski definition) is 2. The van der Waals surface area contributed by atoms with Crippen LogP contribution >= 0.6 is 0 Å². The molecule has 0 radical (unpaired) electrons. The maximum Gasteiger partial charge on any atom is 0.153 e. The first kappa shape index (κ1) is 9.21. The first-order valence-electron chi connectivity index (χ1n) is 4.28. The Morgan fingerprint density at radius 2 is 2.21 bits per heavy atom. The molecule has 1 atom stereocenters. The number of rotatable bonds is 0. The van der Waals surface area contributed by atoms with E-state index >= 15 is 0 Å². The summed E-state index contributed by atoms with van der Waals surface area (Å²) >= 11 is 0. The van der Waals surface area contributed by atoms with Gasteiger partial charge in [-0.05, 0) is 0 Å². The van der Waals surface area contributed by atoms with E-state index in [4.69, 9.17) is 10.5 Å². The van der Waals surface area contributed by atoms with E-state index in [1.807, 2.05) is 0 Å². The molecule has 0 fully saturated rings. The molecule has 0 bridgehead atoms. The van der Waals surface area contributed by atoms with Gasteiger partial charge in [-0.3, -0.25) is 0 Å². The predicted octanol–water partition coefficient (Wildman–Crippen LogP) is 1.10. The average Bonchev–Trinajstić information content (AvgIpc) is 2.28. The van der Waals surface area contributed by atoms with Crippen LogP contribution in [0.4, 0.5) is 14.5 Å². The minimum atomic E-state index is -0.658. The summed E-state index contributed by atoms with van der Waals surface area (Å²) in [5.74, 6) is -1.14. The zero-order valence-electron chi connectivity index (χ0n) is 7.39. The van der Waals surface area contributed by atoms with Crippen molar-refractivity contribution in [2.45, 2.75) is 6.04 Å². The van der Waals surface area contributed by atoms with Gasteiger partial charge in [0.1, 0.15) is 23.9 Å². The van der Waals surface area contributed by atoms with Crippen molar-refractivity contribution in [2.75, 3.05) is 18.5 Å². The summed E-state index contributed by atoms with van der Waals surface area (Å²) < 4.78 is 31.2. The van der Waals surface area contributed by atoms with E-state index in [0.29, 0.717) is 6.54 Å². The van der Waals surface area contributed by atoms with Gasteiger partial charge >= 0.3 is 0 Å².